The highest BCUT2D eigenvalue weighted by atomic mass is 32.1. The van der Waals surface area contributed by atoms with Crippen LogP contribution in [0.4, 0.5) is 0 Å². The number of fused-ring (bicyclic) bond motifs is 1. The summed E-state index contributed by atoms with van der Waals surface area (Å²) in [5.74, 6) is -0.120. The number of rotatable bonds is 4. The maximum Gasteiger partial charge on any atom is 0.274 e. The molecule has 2 fully saturated rings. The van der Waals surface area contributed by atoms with Crippen molar-refractivity contribution < 1.29 is 9.59 Å². The van der Waals surface area contributed by atoms with Crippen LogP contribution >= 0.6 is 11.3 Å². The fourth-order valence-electron chi connectivity index (χ4n) is 3.99. The Morgan fingerprint density at radius 2 is 2.15 bits per heavy atom. The van der Waals surface area contributed by atoms with Crippen LogP contribution in [0.5, 0.6) is 0 Å². The van der Waals surface area contributed by atoms with Crippen molar-refractivity contribution in [1.29, 1.82) is 0 Å². The van der Waals surface area contributed by atoms with Crippen molar-refractivity contribution in [2.45, 2.75) is 44.3 Å². The minimum absolute atomic E-state index is 0.0494. The molecule has 2 saturated heterocycles. The minimum atomic E-state index is -0.435. The molecule has 0 bridgehead atoms. The van der Waals surface area contributed by atoms with E-state index in [2.05, 4.69) is 4.98 Å². The van der Waals surface area contributed by atoms with Crippen molar-refractivity contribution >= 4 is 23.2 Å². The Labute approximate surface area is 163 Å². The van der Waals surface area contributed by atoms with Gasteiger partial charge in [0.15, 0.2) is 0 Å². The molecule has 2 aromatic rings. The van der Waals surface area contributed by atoms with Crippen LogP contribution in [-0.4, -0.2) is 51.8 Å². The SMILES string of the molecule is C[C@H]1C(=O)N2CCC[C@H]2CN1C(=O)c1csc([C@@H](N)Cc2ccccc2)n1. The van der Waals surface area contributed by atoms with Gasteiger partial charge < -0.3 is 15.5 Å². The number of aromatic nitrogens is 1. The highest BCUT2D eigenvalue weighted by Gasteiger charge is 2.42. The van der Waals surface area contributed by atoms with Gasteiger partial charge in [0.25, 0.3) is 5.91 Å². The lowest BCUT2D eigenvalue weighted by Crippen LogP contribution is -2.60. The Balaban J connectivity index is 1.47. The molecule has 1 aromatic heterocycles. The quantitative estimate of drug-likeness (QED) is 0.877. The van der Waals surface area contributed by atoms with Gasteiger partial charge >= 0.3 is 0 Å². The monoisotopic (exact) mass is 384 g/mol. The number of nitrogens with zero attached hydrogens (tertiary/aromatic N) is 3. The van der Waals surface area contributed by atoms with E-state index in [1.54, 1.807) is 10.3 Å². The molecule has 3 heterocycles. The van der Waals surface area contributed by atoms with Gasteiger partial charge in [0.05, 0.1) is 6.04 Å². The summed E-state index contributed by atoms with van der Waals surface area (Å²) in [4.78, 5) is 33.7. The van der Waals surface area contributed by atoms with Crippen LogP contribution in [-0.2, 0) is 11.2 Å². The maximum absolute atomic E-state index is 13.0. The third kappa shape index (κ3) is 3.49. The molecule has 2 aliphatic rings. The van der Waals surface area contributed by atoms with Crippen molar-refractivity contribution in [3.8, 4) is 0 Å². The minimum Gasteiger partial charge on any atom is -0.336 e. The Morgan fingerprint density at radius 1 is 1.37 bits per heavy atom. The van der Waals surface area contributed by atoms with Gasteiger partial charge in [-0.2, -0.15) is 0 Å². The van der Waals surface area contributed by atoms with E-state index in [1.165, 1.54) is 11.3 Å². The van der Waals surface area contributed by atoms with Crippen molar-refractivity contribution in [3.63, 3.8) is 0 Å². The van der Waals surface area contributed by atoms with Crippen LogP contribution in [0.25, 0.3) is 0 Å². The molecule has 0 saturated carbocycles. The first-order valence-corrected chi connectivity index (χ1v) is 10.3. The fourth-order valence-corrected chi connectivity index (χ4v) is 4.79. The molecule has 3 atom stereocenters. The molecule has 4 rings (SSSR count). The zero-order valence-corrected chi connectivity index (χ0v) is 16.2. The molecule has 0 aliphatic carbocycles. The average molecular weight is 385 g/mol. The Hall–Kier alpha value is -2.25. The molecule has 0 spiro atoms. The summed E-state index contributed by atoms with van der Waals surface area (Å²) in [6.07, 6.45) is 2.66. The van der Waals surface area contributed by atoms with Crippen molar-refractivity contribution in [2.75, 3.05) is 13.1 Å². The normalized spacial score (nSPS) is 23.4. The van der Waals surface area contributed by atoms with Gasteiger partial charge in [0.2, 0.25) is 5.91 Å². The summed E-state index contributed by atoms with van der Waals surface area (Å²) in [7, 11) is 0. The molecular formula is C20H24N4O2S. The third-order valence-corrected chi connectivity index (χ3v) is 6.49. The summed E-state index contributed by atoms with van der Waals surface area (Å²) in [6.45, 7) is 3.21. The number of benzene rings is 1. The average Bonchev–Trinajstić information content (AvgIpc) is 3.34. The van der Waals surface area contributed by atoms with Crippen LogP contribution in [0.1, 0.15) is 46.9 Å². The number of hydrogen-bond donors (Lipinski definition) is 1. The van der Waals surface area contributed by atoms with Crippen LogP contribution in [0.2, 0.25) is 0 Å². The van der Waals surface area contributed by atoms with E-state index in [1.807, 2.05) is 42.2 Å². The van der Waals surface area contributed by atoms with Gasteiger partial charge in [-0.1, -0.05) is 30.3 Å². The van der Waals surface area contributed by atoms with E-state index < -0.39 is 6.04 Å². The summed E-state index contributed by atoms with van der Waals surface area (Å²) in [6, 6.07) is 9.49. The predicted octanol–water partition coefficient (Wildman–Crippen LogP) is 2.22. The second-order valence-corrected chi connectivity index (χ2v) is 8.22. The molecule has 2 aliphatic heterocycles. The maximum atomic E-state index is 13.0. The zero-order chi connectivity index (χ0) is 19.0. The molecular weight excluding hydrogens is 360 g/mol. The molecule has 0 radical (unpaired) electrons. The van der Waals surface area contributed by atoms with Crippen molar-refractivity contribution in [1.82, 2.24) is 14.8 Å². The molecule has 1 aromatic carbocycles. The van der Waals surface area contributed by atoms with Gasteiger partial charge in [0, 0.05) is 24.5 Å². The molecule has 142 valence electrons. The number of hydrogen-bond acceptors (Lipinski definition) is 5. The first-order chi connectivity index (χ1) is 13.0. The van der Waals surface area contributed by atoms with E-state index >= 15 is 0 Å². The summed E-state index contributed by atoms with van der Waals surface area (Å²) in [5, 5.41) is 2.52. The van der Waals surface area contributed by atoms with Gasteiger partial charge in [-0.25, -0.2) is 4.98 Å². The second kappa shape index (κ2) is 7.40. The molecule has 7 heteroatoms. The van der Waals surface area contributed by atoms with E-state index in [-0.39, 0.29) is 23.9 Å². The molecule has 2 amide bonds. The van der Waals surface area contributed by atoms with Crippen LogP contribution in [0.3, 0.4) is 0 Å². The topological polar surface area (TPSA) is 79.5 Å². The lowest BCUT2D eigenvalue weighted by atomic mass is 10.1. The van der Waals surface area contributed by atoms with E-state index in [0.717, 1.165) is 30.0 Å². The number of piperazine rings is 1. The number of carbonyl (C=O) groups excluding carboxylic acids is 2. The first kappa shape index (κ1) is 18.1. The highest BCUT2D eigenvalue weighted by molar-refractivity contribution is 7.09. The summed E-state index contributed by atoms with van der Waals surface area (Å²) < 4.78 is 0. The van der Waals surface area contributed by atoms with Crippen LogP contribution in [0.15, 0.2) is 35.7 Å². The predicted molar refractivity (Wildman–Crippen MR) is 104 cm³/mol. The van der Waals surface area contributed by atoms with Crippen LogP contribution in [0, 0.1) is 0 Å². The van der Waals surface area contributed by atoms with Crippen LogP contribution < -0.4 is 5.73 Å². The number of thiazole rings is 1. The van der Waals surface area contributed by atoms with E-state index in [0.29, 0.717) is 18.7 Å². The van der Waals surface area contributed by atoms with Crippen molar-refractivity contribution in [2.24, 2.45) is 5.73 Å². The van der Waals surface area contributed by atoms with Gasteiger partial charge in [-0.3, -0.25) is 9.59 Å². The molecule has 6 nitrogen and oxygen atoms in total. The Bertz CT molecular complexity index is 838. The molecule has 2 N–H and O–H groups in total. The number of carbonyl (C=O) groups is 2. The van der Waals surface area contributed by atoms with Crippen molar-refractivity contribution in [3.05, 3.63) is 52.0 Å². The Kier molecular flexibility index (Phi) is 4.97. The zero-order valence-electron chi connectivity index (χ0n) is 15.4. The fraction of sp³-hybridized carbons (Fsp3) is 0.450. The lowest BCUT2D eigenvalue weighted by Gasteiger charge is -2.41. The van der Waals surface area contributed by atoms with Gasteiger partial charge in [-0.05, 0) is 31.7 Å². The standard InChI is InChI=1S/C20H24N4O2S/c1-13-19(25)23-9-5-8-15(23)11-24(13)20(26)17-12-27-18(22-17)16(21)10-14-6-3-2-4-7-14/h2-4,6-7,12-13,15-16H,5,8-11,21H2,1H3/t13-,15-,16-/m0/s1. The van der Waals surface area contributed by atoms with E-state index in [4.69, 9.17) is 5.73 Å². The van der Waals surface area contributed by atoms with E-state index in [9.17, 15) is 9.59 Å². The summed E-state index contributed by atoms with van der Waals surface area (Å²) >= 11 is 1.41. The highest BCUT2D eigenvalue weighted by Crippen LogP contribution is 2.28. The first-order valence-electron chi connectivity index (χ1n) is 9.41. The Morgan fingerprint density at radius 3 is 2.93 bits per heavy atom. The molecule has 0 unspecified atom stereocenters. The third-order valence-electron chi connectivity index (χ3n) is 5.51. The smallest absolute Gasteiger partial charge is 0.274 e. The molecule has 27 heavy (non-hydrogen) atoms. The lowest BCUT2D eigenvalue weighted by molar-refractivity contribution is -0.141. The number of nitrogens with two attached hydrogens (primary N) is 1. The largest absolute Gasteiger partial charge is 0.336 e. The second-order valence-electron chi connectivity index (χ2n) is 7.33. The summed E-state index contributed by atoms with van der Waals surface area (Å²) in [5.41, 5.74) is 7.84. The van der Waals surface area contributed by atoms with Gasteiger partial charge in [0.1, 0.15) is 16.7 Å². The number of amides is 2. The van der Waals surface area contributed by atoms with Gasteiger partial charge in [-0.15, -0.1) is 11.3 Å².